The summed E-state index contributed by atoms with van der Waals surface area (Å²) in [5.41, 5.74) is 0. The summed E-state index contributed by atoms with van der Waals surface area (Å²) >= 11 is 0. The standard InChI is InChI=1S/C38H79N2O6P/c1-6-8-10-12-14-16-18-20-22-24-26-28-30-32-38(42)39-36(35-46-47(43,44)45-34-33-40(3,4)5)37(41)31-29-27-25-23-21-19-17-15-13-11-9-7-2/h36-37,41H,6-35H2,1-5H3,(H-,39,42,43,44)/p+1/t36-,37+/m0/s1. The van der Waals surface area contributed by atoms with Crippen LogP contribution in [0.2, 0.25) is 0 Å². The summed E-state index contributed by atoms with van der Waals surface area (Å²) in [6.07, 6.45) is 31.1. The Kier molecular flexibility index (Phi) is 31.1. The monoisotopic (exact) mass is 692 g/mol. The van der Waals surface area contributed by atoms with Crippen molar-refractivity contribution in [3.63, 3.8) is 0 Å². The van der Waals surface area contributed by atoms with E-state index in [1.807, 2.05) is 21.1 Å². The second-order valence-electron chi connectivity index (χ2n) is 15.0. The fraction of sp³-hybridized carbons (Fsp3) is 0.974. The van der Waals surface area contributed by atoms with Crippen LogP contribution in [0.15, 0.2) is 0 Å². The van der Waals surface area contributed by atoms with Gasteiger partial charge in [-0.1, -0.05) is 168 Å². The van der Waals surface area contributed by atoms with Gasteiger partial charge in [0.15, 0.2) is 0 Å². The Morgan fingerprint density at radius 1 is 0.638 bits per heavy atom. The van der Waals surface area contributed by atoms with Crippen molar-refractivity contribution in [1.29, 1.82) is 0 Å². The molecule has 0 aromatic rings. The molecule has 3 N–H and O–H groups in total. The lowest BCUT2D eigenvalue weighted by Crippen LogP contribution is -2.46. The molecular weight excluding hydrogens is 611 g/mol. The van der Waals surface area contributed by atoms with Gasteiger partial charge in [0, 0.05) is 6.42 Å². The van der Waals surface area contributed by atoms with E-state index in [4.69, 9.17) is 9.05 Å². The summed E-state index contributed by atoms with van der Waals surface area (Å²) in [6.45, 7) is 4.88. The first kappa shape index (κ1) is 46.5. The molecule has 0 radical (unpaired) electrons. The fourth-order valence-electron chi connectivity index (χ4n) is 5.87. The van der Waals surface area contributed by atoms with Crippen molar-refractivity contribution in [2.75, 3.05) is 40.9 Å². The summed E-state index contributed by atoms with van der Waals surface area (Å²) in [5.74, 6) is -0.144. The van der Waals surface area contributed by atoms with Gasteiger partial charge in [-0.05, 0) is 12.8 Å². The van der Waals surface area contributed by atoms with Gasteiger partial charge >= 0.3 is 7.82 Å². The summed E-state index contributed by atoms with van der Waals surface area (Å²) in [4.78, 5) is 23.0. The summed E-state index contributed by atoms with van der Waals surface area (Å²) < 4.78 is 23.5. The van der Waals surface area contributed by atoms with Crippen LogP contribution in [0.3, 0.4) is 0 Å². The van der Waals surface area contributed by atoms with Gasteiger partial charge in [-0.2, -0.15) is 0 Å². The van der Waals surface area contributed by atoms with E-state index in [0.717, 1.165) is 38.5 Å². The maximum Gasteiger partial charge on any atom is 0.472 e. The minimum atomic E-state index is -4.30. The van der Waals surface area contributed by atoms with Gasteiger partial charge in [0.05, 0.1) is 39.9 Å². The second-order valence-corrected chi connectivity index (χ2v) is 16.5. The van der Waals surface area contributed by atoms with E-state index in [0.29, 0.717) is 23.9 Å². The summed E-state index contributed by atoms with van der Waals surface area (Å²) in [6, 6.07) is -0.750. The van der Waals surface area contributed by atoms with Crippen LogP contribution in [0.4, 0.5) is 0 Å². The third-order valence-electron chi connectivity index (χ3n) is 9.11. The zero-order valence-electron chi connectivity index (χ0n) is 31.8. The fourth-order valence-corrected chi connectivity index (χ4v) is 6.60. The maximum absolute atomic E-state index is 12.8. The van der Waals surface area contributed by atoms with Crippen LogP contribution in [0.5, 0.6) is 0 Å². The Labute approximate surface area is 291 Å². The quantitative estimate of drug-likeness (QED) is 0.0343. The highest BCUT2D eigenvalue weighted by molar-refractivity contribution is 7.47. The highest BCUT2D eigenvalue weighted by atomic mass is 31.2. The highest BCUT2D eigenvalue weighted by Gasteiger charge is 2.28. The van der Waals surface area contributed by atoms with Crippen molar-refractivity contribution in [1.82, 2.24) is 5.32 Å². The maximum atomic E-state index is 12.8. The Morgan fingerprint density at radius 3 is 1.43 bits per heavy atom. The van der Waals surface area contributed by atoms with Crippen LogP contribution >= 0.6 is 7.82 Å². The molecule has 8 nitrogen and oxygen atoms in total. The van der Waals surface area contributed by atoms with Crippen LogP contribution in [-0.2, 0) is 18.4 Å². The number of nitrogens with one attached hydrogen (secondary N) is 1. The molecule has 0 rings (SSSR count). The zero-order valence-corrected chi connectivity index (χ0v) is 32.7. The molecule has 9 heteroatoms. The molecule has 0 bridgehead atoms. The van der Waals surface area contributed by atoms with E-state index in [1.54, 1.807) is 0 Å². The molecule has 3 atom stereocenters. The number of carbonyl (C=O) groups is 1. The second kappa shape index (κ2) is 31.5. The van der Waals surface area contributed by atoms with Gasteiger partial charge in [-0.3, -0.25) is 13.8 Å². The number of rotatable bonds is 36. The molecule has 0 aliphatic carbocycles. The van der Waals surface area contributed by atoms with Crippen LogP contribution in [-0.4, -0.2) is 73.4 Å². The summed E-state index contributed by atoms with van der Waals surface area (Å²) in [5, 5.41) is 13.9. The number of aliphatic hydroxyl groups is 1. The van der Waals surface area contributed by atoms with E-state index in [1.165, 1.54) is 122 Å². The van der Waals surface area contributed by atoms with Crippen LogP contribution in [0.1, 0.15) is 187 Å². The first-order valence-corrected chi connectivity index (χ1v) is 21.4. The molecule has 1 amide bonds. The number of hydrogen-bond acceptors (Lipinski definition) is 5. The molecule has 0 aliphatic rings. The van der Waals surface area contributed by atoms with E-state index >= 15 is 0 Å². The lowest BCUT2D eigenvalue weighted by molar-refractivity contribution is -0.870. The third-order valence-corrected chi connectivity index (χ3v) is 10.1. The molecule has 0 spiro atoms. The number of carbonyl (C=O) groups excluding carboxylic acids is 1. The van der Waals surface area contributed by atoms with Crippen molar-refractivity contribution in [2.24, 2.45) is 0 Å². The Hall–Kier alpha value is -0.500. The number of aliphatic hydroxyl groups excluding tert-OH is 1. The van der Waals surface area contributed by atoms with Crippen LogP contribution < -0.4 is 5.32 Å². The number of phosphoric ester groups is 1. The van der Waals surface area contributed by atoms with Gasteiger partial charge in [0.1, 0.15) is 13.2 Å². The van der Waals surface area contributed by atoms with Crippen molar-refractivity contribution >= 4 is 13.7 Å². The predicted octanol–water partition coefficient (Wildman–Crippen LogP) is 10.2. The molecule has 47 heavy (non-hydrogen) atoms. The van der Waals surface area contributed by atoms with Crippen molar-refractivity contribution in [2.45, 2.75) is 199 Å². The number of hydrogen-bond donors (Lipinski definition) is 3. The number of phosphoric acid groups is 1. The van der Waals surface area contributed by atoms with Gasteiger partial charge in [0.25, 0.3) is 0 Å². The molecule has 1 unspecified atom stereocenters. The van der Waals surface area contributed by atoms with Gasteiger partial charge in [-0.25, -0.2) is 4.57 Å². The third kappa shape index (κ3) is 33.8. The minimum Gasteiger partial charge on any atom is -0.391 e. The lowest BCUT2D eigenvalue weighted by Gasteiger charge is -2.26. The van der Waals surface area contributed by atoms with E-state index in [9.17, 15) is 19.4 Å². The normalized spacial score (nSPS) is 14.6. The largest absolute Gasteiger partial charge is 0.472 e. The molecule has 0 aromatic carbocycles. The Morgan fingerprint density at radius 2 is 1.02 bits per heavy atom. The van der Waals surface area contributed by atoms with Crippen molar-refractivity contribution in [3.05, 3.63) is 0 Å². The number of likely N-dealkylation sites (N-methyl/N-ethyl adjacent to an activating group) is 1. The highest BCUT2D eigenvalue weighted by Crippen LogP contribution is 2.43. The molecule has 282 valence electrons. The van der Waals surface area contributed by atoms with Crippen LogP contribution in [0.25, 0.3) is 0 Å². The van der Waals surface area contributed by atoms with Crippen molar-refractivity contribution in [3.8, 4) is 0 Å². The SMILES string of the molecule is CCCCCCCCCCCCCCCC(=O)N[C@@H](COP(=O)(O)OCC[N+](C)(C)C)[C@H](O)CCCCCCCCCCCCCC. The molecule has 0 aliphatic heterocycles. The van der Waals surface area contributed by atoms with Gasteiger partial charge in [0.2, 0.25) is 5.91 Å². The molecule has 0 saturated carbocycles. The van der Waals surface area contributed by atoms with Crippen molar-refractivity contribution < 1.29 is 32.9 Å². The average molecular weight is 692 g/mol. The number of quaternary nitrogens is 1. The minimum absolute atomic E-state index is 0.0781. The van der Waals surface area contributed by atoms with E-state index in [-0.39, 0.29) is 19.1 Å². The number of nitrogens with zero attached hydrogens (tertiary/aromatic N) is 1. The van der Waals surface area contributed by atoms with Crippen LogP contribution in [0, 0.1) is 0 Å². The lowest BCUT2D eigenvalue weighted by atomic mass is 10.0. The first-order chi connectivity index (χ1) is 22.5. The molecular formula is C38H80N2O6P+. The summed E-state index contributed by atoms with van der Waals surface area (Å²) in [7, 11) is 1.62. The molecule has 0 heterocycles. The van der Waals surface area contributed by atoms with E-state index < -0.39 is 20.0 Å². The van der Waals surface area contributed by atoms with Gasteiger partial charge < -0.3 is 19.8 Å². The molecule has 0 aromatic heterocycles. The molecule has 0 fully saturated rings. The number of amides is 1. The first-order valence-electron chi connectivity index (χ1n) is 19.9. The predicted molar refractivity (Wildman–Crippen MR) is 199 cm³/mol. The number of unbranched alkanes of at least 4 members (excludes halogenated alkanes) is 23. The Balaban J connectivity index is 4.43. The van der Waals surface area contributed by atoms with Gasteiger partial charge in [-0.15, -0.1) is 0 Å². The average Bonchev–Trinajstić information content (AvgIpc) is 3.01. The topological polar surface area (TPSA) is 105 Å². The zero-order chi connectivity index (χ0) is 35.1. The molecule has 0 saturated heterocycles. The van der Waals surface area contributed by atoms with E-state index in [2.05, 4.69) is 19.2 Å². The smallest absolute Gasteiger partial charge is 0.391 e. The Bertz CT molecular complexity index is 748.